The minimum absolute atomic E-state index is 0.0309. The predicted octanol–water partition coefficient (Wildman–Crippen LogP) is 2.25. The van der Waals surface area contributed by atoms with Gasteiger partial charge in [-0.05, 0) is 23.8 Å². The molecule has 1 aliphatic rings. The van der Waals surface area contributed by atoms with E-state index in [9.17, 15) is 0 Å². The van der Waals surface area contributed by atoms with Crippen molar-refractivity contribution in [3.05, 3.63) is 17.7 Å². The van der Waals surface area contributed by atoms with Crippen molar-refractivity contribution in [1.29, 1.82) is 0 Å². The summed E-state index contributed by atoms with van der Waals surface area (Å²) in [5.74, 6) is 1.30. The second kappa shape index (κ2) is 4.61. The van der Waals surface area contributed by atoms with Crippen LogP contribution >= 0.6 is 12.2 Å². The number of ether oxygens (including phenoxy) is 2. The largest absolute Gasteiger partial charge is 0.454 e. The van der Waals surface area contributed by atoms with Gasteiger partial charge in [0.25, 0.3) is 0 Å². The van der Waals surface area contributed by atoms with Gasteiger partial charge in [-0.1, -0.05) is 6.92 Å². The van der Waals surface area contributed by atoms with Gasteiger partial charge in [0.05, 0.1) is 10.8 Å². The lowest BCUT2D eigenvalue weighted by atomic mass is 9.99. The molecule has 16 heavy (non-hydrogen) atoms. The van der Waals surface area contributed by atoms with Crippen molar-refractivity contribution in [1.82, 2.24) is 0 Å². The highest BCUT2D eigenvalue weighted by Gasteiger charge is 2.19. The van der Waals surface area contributed by atoms with Crippen LogP contribution in [-0.4, -0.2) is 23.7 Å². The molecule has 0 amide bonds. The molecule has 0 aromatic heterocycles. The molecule has 1 heterocycles. The summed E-state index contributed by atoms with van der Waals surface area (Å²) in [5, 5.41) is 11.5. The molecule has 84 valence electrons. The molecule has 0 bridgehead atoms. The number of aliphatic hydroxyl groups is 1. The standard InChI is InChI=1S/C11H11NO3S/c1-7(4-13)8-2-10-11(15-6-14-10)3-9(8)12-5-16/h2-3,7,13H,4,6H2,1H3. The van der Waals surface area contributed by atoms with E-state index in [1.807, 2.05) is 13.0 Å². The van der Waals surface area contributed by atoms with Gasteiger partial charge in [0.1, 0.15) is 0 Å². The summed E-state index contributed by atoms with van der Waals surface area (Å²) in [6.07, 6.45) is 0. The molecule has 1 aliphatic heterocycles. The number of benzene rings is 1. The first-order valence-corrected chi connectivity index (χ1v) is 5.29. The maximum absolute atomic E-state index is 9.17. The SMILES string of the molecule is CC(CO)c1cc2c(cc1N=C=S)OCO2. The van der Waals surface area contributed by atoms with E-state index >= 15 is 0 Å². The molecule has 1 aromatic rings. The maximum Gasteiger partial charge on any atom is 0.231 e. The number of nitrogens with zero attached hydrogens (tertiary/aromatic N) is 1. The monoisotopic (exact) mass is 237 g/mol. The van der Waals surface area contributed by atoms with Crippen molar-refractivity contribution >= 4 is 23.1 Å². The fraction of sp³-hybridized carbons (Fsp3) is 0.364. The number of thiocarbonyl (C=S) groups is 1. The van der Waals surface area contributed by atoms with Crippen molar-refractivity contribution < 1.29 is 14.6 Å². The quantitative estimate of drug-likeness (QED) is 0.647. The Hall–Kier alpha value is -1.42. The highest BCUT2D eigenvalue weighted by Crippen LogP contribution is 2.40. The summed E-state index contributed by atoms with van der Waals surface area (Å²) in [5.41, 5.74) is 1.55. The number of isothiocyanates is 1. The Kier molecular flexibility index (Phi) is 3.19. The summed E-state index contributed by atoms with van der Waals surface area (Å²) in [6.45, 7) is 2.16. The maximum atomic E-state index is 9.17. The average molecular weight is 237 g/mol. The second-order valence-corrected chi connectivity index (χ2v) is 3.73. The van der Waals surface area contributed by atoms with Crippen LogP contribution in [-0.2, 0) is 0 Å². The average Bonchev–Trinajstić information content (AvgIpc) is 2.74. The van der Waals surface area contributed by atoms with Crippen LogP contribution in [0, 0.1) is 0 Å². The van der Waals surface area contributed by atoms with Crippen LogP contribution < -0.4 is 9.47 Å². The molecule has 4 nitrogen and oxygen atoms in total. The van der Waals surface area contributed by atoms with Gasteiger partial charge in [-0.3, -0.25) is 0 Å². The third kappa shape index (κ3) is 1.93. The van der Waals surface area contributed by atoms with Gasteiger partial charge < -0.3 is 14.6 Å². The molecule has 1 unspecified atom stereocenters. The number of aliphatic imine (C=N–C) groups is 1. The minimum Gasteiger partial charge on any atom is -0.454 e. The Morgan fingerprint density at radius 3 is 2.81 bits per heavy atom. The van der Waals surface area contributed by atoms with E-state index in [0.717, 1.165) is 5.56 Å². The lowest BCUT2D eigenvalue weighted by molar-refractivity contribution is 0.174. The van der Waals surface area contributed by atoms with Crippen LogP contribution in [0.1, 0.15) is 18.4 Å². The molecule has 0 saturated heterocycles. The second-order valence-electron chi connectivity index (χ2n) is 3.55. The Balaban J connectivity index is 2.52. The van der Waals surface area contributed by atoms with Gasteiger partial charge in [0.2, 0.25) is 6.79 Å². The van der Waals surface area contributed by atoms with Crippen LogP contribution in [0.5, 0.6) is 11.5 Å². The van der Waals surface area contributed by atoms with Crippen molar-refractivity contribution in [2.24, 2.45) is 4.99 Å². The summed E-state index contributed by atoms with van der Waals surface area (Å²) in [6, 6.07) is 3.58. The van der Waals surface area contributed by atoms with Crippen LogP contribution in [0.25, 0.3) is 0 Å². The number of rotatable bonds is 3. The Morgan fingerprint density at radius 1 is 1.50 bits per heavy atom. The van der Waals surface area contributed by atoms with Crippen molar-refractivity contribution in [3.63, 3.8) is 0 Å². The number of aliphatic hydroxyl groups excluding tert-OH is 1. The van der Waals surface area contributed by atoms with E-state index in [1.54, 1.807) is 6.07 Å². The highest BCUT2D eigenvalue weighted by atomic mass is 32.1. The molecular formula is C11H11NO3S. The molecule has 0 saturated carbocycles. The van der Waals surface area contributed by atoms with E-state index in [-0.39, 0.29) is 19.3 Å². The summed E-state index contributed by atoms with van der Waals surface area (Å²) in [4.78, 5) is 3.97. The van der Waals surface area contributed by atoms with E-state index in [4.69, 9.17) is 14.6 Å². The topological polar surface area (TPSA) is 51.1 Å². The molecule has 0 fully saturated rings. The third-order valence-electron chi connectivity index (χ3n) is 2.49. The first-order valence-electron chi connectivity index (χ1n) is 4.88. The van der Waals surface area contributed by atoms with Crippen LogP contribution in [0.3, 0.4) is 0 Å². The molecule has 1 N–H and O–H groups in total. The Morgan fingerprint density at radius 2 is 2.19 bits per heavy atom. The first kappa shape index (κ1) is 11.1. The van der Waals surface area contributed by atoms with Gasteiger partial charge in [0.15, 0.2) is 11.5 Å². The van der Waals surface area contributed by atoms with Gasteiger partial charge in [-0.25, -0.2) is 0 Å². The third-order valence-corrected chi connectivity index (χ3v) is 2.58. The van der Waals surface area contributed by atoms with Crippen molar-refractivity contribution in [2.75, 3.05) is 13.4 Å². The molecule has 0 spiro atoms. The van der Waals surface area contributed by atoms with Gasteiger partial charge >= 0.3 is 0 Å². The van der Waals surface area contributed by atoms with Crippen LogP contribution in [0.15, 0.2) is 17.1 Å². The van der Waals surface area contributed by atoms with Gasteiger partial charge in [-0.2, -0.15) is 4.99 Å². The summed E-state index contributed by atoms with van der Waals surface area (Å²) in [7, 11) is 0. The molecule has 0 radical (unpaired) electrons. The zero-order valence-corrected chi connectivity index (χ0v) is 9.58. The lowest BCUT2D eigenvalue weighted by Gasteiger charge is -2.11. The minimum atomic E-state index is -0.0309. The Bertz CT molecular complexity index is 455. The van der Waals surface area contributed by atoms with E-state index in [0.29, 0.717) is 17.2 Å². The van der Waals surface area contributed by atoms with Crippen molar-refractivity contribution in [3.8, 4) is 11.5 Å². The molecule has 1 atom stereocenters. The predicted molar refractivity (Wildman–Crippen MR) is 62.8 cm³/mol. The molecule has 1 aromatic carbocycles. The van der Waals surface area contributed by atoms with E-state index < -0.39 is 0 Å². The van der Waals surface area contributed by atoms with Crippen LogP contribution in [0.4, 0.5) is 5.69 Å². The van der Waals surface area contributed by atoms with E-state index in [2.05, 4.69) is 22.4 Å². The zero-order chi connectivity index (χ0) is 11.5. The summed E-state index contributed by atoms with van der Waals surface area (Å²) >= 11 is 4.59. The lowest BCUT2D eigenvalue weighted by Crippen LogP contribution is -1.99. The molecule has 5 heteroatoms. The number of hydrogen-bond donors (Lipinski definition) is 1. The Labute approximate surface area is 98.5 Å². The van der Waals surface area contributed by atoms with Gasteiger partial charge in [-0.15, -0.1) is 0 Å². The fourth-order valence-corrected chi connectivity index (χ4v) is 1.68. The van der Waals surface area contributed by atoms with E-state index in [1.165, 1.54) is 0 Å². The summed E-state index contributed by atoms with van der Waals surface area (Å²) < 4.78 is 10.5. The molecule has 0 aliphatic carbocycles. The van der Waals surface area contributed by atoms with Crippen molar-refractivity contribution in [2.45, 2.75) is 12.8 Å². The van der Waals surface area contributed by atoms with Gasteiger partial charge in [0, 0.05) is 18.6 Å². The molecule has 2 rings (SSSR count). The normalized spacial score (nSPS) is 14.4. The number of fused-ring (bicyclic) bond motifs is 1. The fourth-order valence-electron chi connectivity index (χ4n) is 1.59. The number of hydrogen-bond acceptors (Lipinski definition) is 5. The molecular weight excluding hydrogens is 226 g/mol. The highest BCUT2D eigenvalue weighted by molar-refractivity contribution is 7.78. The zero-order valence-electron chi connectivity index (χ0n) is 8.77. The van der Waals surface area contributed by atoms with Crippen LogP contribution in [0.2, 0.25) is 0 Å². The first-order chi connectivity index (χ1) is 7.76. The smallest absolute Gasteiger partial charge is 0.231 e.